The van der Waals surface area contributed by atoms with E-state index in [1.54, 1.807) is 0 Å². The molecule has 0 aromatic heterocycles. The predicted molar refractivity (Wildman–Crippen MR) is 61.9 cm³/mol. The van der Waals surface area contributed by atoms with Crippen molar-refractivity contribution in [3.8, 4) is 0 Å². The zero-order chi connectivity index (χ0) is 12.6. The number of carbonyl (C=O) groups is 2. The SMILES string of the molecule is CC[C@@H](C)CC[C@@H](CNC(=O)CN)C(=O)O. The van der Waals surface area contributed by atoms with Crippen LogP contribution in [0, 0.1) is 11.8 Å². The quantitative estimate of drug-likeness (QED) is 0.569. The van der Waals surface area contributed by atoms with Crippen LogP contribution in [0.1, 0.15) is 33.1 Å². The van der Waals surface area contributed by atoms with Gasteiger partial charge in [0.1, 0.15) is 0 Å². The van der Waals surface area contributed by atoms with Crippen molar-refractivity contribution >= 4 is 11.9 Å². The average molecular weight is 230 g/mol. The Morgan fingerprint density at radius 3 is 2.44 bits per heavy atom. The zero-order valence-corrected chi connectivity index (χ0v) is 10.0. The molecule has 1 amide bonds. The van der Waals surface area contributed by atoms with Gasteiger partial charge in [-0.25, -0.2) is 0 Å². The van der Waals surface area contributed by atoms with E-state index in [0.717, 1.165) is 12.8 Å². The van der Waals surface area contributed by atoms with Gasteiger partial charge in [-0.15, -0.1) is 0 Å². The van der Waals surface area contributed by atoms with Crippen molar-refractivity contribution in [1.29, 1.82) is 0 Å². The smallest absolute Gasteiger partial charge is 0.308 e. The minimum Gasteiger partial charge on any atom is -0.481 e. The van der Waals surface area contributed by atoms with Crippen molar-refractivity contribution in [2.75, 3.05) is 13.1 Å². The van der Waals surface area contributed by atoms with Gasteiger partial charge in [-0.05, 0) is 18.8 Å². The molecule has 0 aliphatic heterocycles. The molecule has 0 fully saturated rings. The molecule has 0 aromatic rings. The number of hydrogen-bond donors (Lipinski definition) is 3. The monoisotopic (exact) mass is 230 g/mol. The van der Waals surface area contributed by atoms with E-state index in [1.165, 1.54) is 0 Å². The van der Waals surface area contributed by atoms with E-state index in [0.29, 0.717) is 12.3 Å². The molecule has 0 aliphatic rings. The van der Waals surface area contributed by atoms with E-state index in [-0.39, 0.29) is 19.0 Å². The molecule has 0 bridgehead atoms. The van der Waals surface area contributed by atoms with Crippen LogP contribution in [0.4, 0.5) is 0 Å². The summed E-state index contributed by atoms with van der Waals surface area (Å²) in [5.74, 6) is -1.16. The molecule has 0 unspecified atom stereocenters. The van der Waals surface area contributed by atoms with Crippen molar-refractivity contribution in [1.82, 2.24) is 5.32 Å². The first-order valence-corrected chi connectivity index (χ1v) is 5.70. The van der Waals surface area contributed by atoms with Gasteiger partial charge in [-0.1, -0.05) is 20.3 Å². The van der Waals surface area contributed by atoms with Crippen LogP contribution in [0.5, 0.6) is 0 Å². The first-order chi connectivity index (χ1) is 7.51. The first-order valence-electron chi connectivity index (χ1n) is 5.70. The number of hydrogen-bond acceptors (Lipinski definition) is 3. The third kappa shape index (κ3) is 6.40. The molecule has 0 saturated heterocycles. The number of carbonyl (C=O) groups excluding carboxylic acids is 1. The third-order valence-electron chi connectivity index (χ3n) is 2.79. The second-order valence-electron chi connectivity index (χ2n) is 4.13. The van der Waals surface area contributed by atoms with Crippen LogP contribution < -0.4 is 11.1 Å². The maximum absolute atomic E-state index is 10.9. The highest BCUT2D eigenvalue weighted by atomic mass is 16.4. The van der Waals surface area contributed by atoms with Crippen LogP contribution in [-0.4, -0.2) is 30.1 Å². The molecule has 0 saturated carbocycles. The molecule has 94 valence electrons. The Bertz CT molecular complexity index is 231. The first kappa shape index (κ1) is 14.9. The summed E-state index contributed by atoms with van der Waals surface area (Å²) in [4.78, 5) is 21.8. The number of nitrogens with two attached hydrogens (primary N) is 1. The maximum atomic E-state index is 10.9. The third-order valence-corrected chi connectivity index (χ3v) is 2.79. The standard InChI is InChI=1S/C11H22N2O3/c1-3-8(2)4-5-9(11(15)16)7-13-10(14)6-12/h8-9H,3-7,12H2,1-2H3,(H,13,14)(H,15,16)/t8-,9+/m1/s1. The average Bonchev–Trinajstić information content (AvgIpc) is 2.27. The molecule has 0 rings (SSSR count). The van der Waals surface area contributed by atoms with E-state index in [2.05, 4.69) is 19.2 Å². The van der Waals surface area contributed by atoms with Gasteiger partial charge in [0.2, 0.25) is 5.91 Å². The summed E-state index contributed by atoms with van der Waals surface area (Å²) in [5.41, 5.74) is 5.12. The molecule has 0 spiro atoms. The van der Waals surface area contributed by atoms with E-state index in [9.17, 15) is 9.59 Å². The minimum atomic E-state index is -0.861. The van der Waals surface area contributed by atoms with Gasteiger partial charge in [0.05, 0.1) is 12.5 Å². The lowest BCUT2D eigenvalue weighted by molar-refractivity contribution is -0.142. The summed E-state index contributed by atoms with van der Waals surface area (Å²) in [6, 6.07) is 0. The van der Waals surface area contributed by atoms with Gasteiger partial charge in [0, 0.05) is 6.54 Å². The second kappa shape index (κ2) is 8.10. The Balaban J connectivity index is 3.98. The van der Waals surface area contributed by atoms with Gasteiger partial charge in [0.25, 0.3) is 0 Å². The van der Waals surface area contributed by atoms with Crippen molar-refractivity contribution < 1.29 is 14.7 Å². The number of amides is 1. The number of rotatable bonds is 8. The zero-order valence-electron chi connectivity index (χ0n) is 10.0. The summed E-state index contributed by atoms with van der Waals surface area (Å²) < 4.78 is 0. The van der Waals surface area contributed by atoms with Crippen molar-refractivity contribution in [3.63, 3.8) is 0 Å². The van der Waals surface area contributed by atoms with Crippen LogP contribution in [0.15, 0.2) is 0 Å². The Kier molecular flexibility index (Phi) is 7.54. The van der Waals surface area contributed by atoms with Gasteiger partial charge in [-0.3, -0.25) is 9.59 Å². The number of nitrogens with one attached hydrogen (secondary N) is 1. The summed E-state index contributed by atoms with van der Waals surface area (Å²) in [5, 5.41) is 11.5. The highest BCUT2D eigenvalue weighted by molar-refractivity contribution is 5.78. The molecular weight excluding hydrogens is 208 g/mol. The normalized spacial score (nSPS) is 14.2. The van der Waals surface area contributed by atoms with Crippen molar-refractivity contribution in [3.05, 3.63) is 0 Å². The van der Waals surface area contributed by atoms with Gasteiger partial charge in [0.15, 0.2) is 0 Å². The highest BCUT2D eigenvalue weighted by Gasteiger charge is 2.18. The largest absolute Gasteiger partial charge is 0.481 e. The predicted octanol–water partition coefficient (Wildman–Crippen LogP) is 0.588. The van der Waals surface area contributed by atoms with E-state index in [1.807, 2.05) is 0 Å². The lowest BCUT2D eigenvalue weighted by Gasteiger charge is -2.15. The van der Waals surface area contributed by atoms with Crippen LogP contribution in [0.2, 0.25) is 0 Å². The molecule has 0 aliphatic carbocycles. The van der Waals surface area contributed by atoms with Crippen LogP contribution in [-0.2, 0) is 9.59 Å². The van der Waals surface area contributed by atoms with Gasteiger partial charge < -0.3 is 16.2 Å². The summed E-state index contributed by atoms with van der Waals surface area (Å²) in [6.45, 7) is 4.24. The Morgan fingerprint density at radius 2 is 2.00 bits per heavy atom. The minimum absolute atomic E-state index is 0.0995. The van der Waals surface area contributed by atoms with Crippen molar-refractivity contribution in [2.45, 2.75) is 33.1 Å². The number of aliphatic carboxylic acids is 1. The summed E-state index contributed by atoms with van der Waals surface area (Å²) in [7, 11) is 0. The lowest BCUT2D eigenvalue weighted by atomic mass is 9.95. The lowest BCUT2D eigenvalue weighted by Crippen LogP contribution is -2.36. The van der Waals surface area contributed by atoms with E-state index >= 15 is 0 Å². The summed E-state index contributed by atoms with van der Waals surface area (Å²) >= 11 is 0. The van der Waals surface area contributed by atoms with E-state index < -0.39 is 11.9 Å². The number of carboxylic acids is 1. The van der Waals surface area contributed by atoms with Crippen LogP contribution >= 0.6 is 0 Å². The molecule has 0 aromatic carbocycles. The van der Waals surface area contributed by atoms with Gasteiger partial charge in [-0.2, -0.15) is 0 Å². The fourth-order valence-corrected chi connectivity index (χ4v) is 1.31. The fraction of sp³-hybridized carbons (Fsp3) is 0.818. The molecule has 5 nitrogen and oxygen atoms in total. The fourth-order valence-electron chi connectivity index (χ4n) is 1.31. The Labute approximate surface area is 96.4 Å². The number of carboxylic acid groups (broad SMARTS) is 1. The van der Waals surface area contributed by atoms with Crippen LogP contribution in [0.3, 0.4) is 0 Å². The highest BCUT2D eigenvalue weighted by Crippen LogP contribution is 2.14. The Hall–Kier alpha value is -1.10. The molecular formula is C11H22N2O3. The molecule has 0 radical (unpaired) electrons. The maximum Gasteiger partial charge on any atom is 0.308 e. The molecule has 4 N–H and O–H groups in total. The topological polar surface area (TPSA) is 92.4 Å². The van der Waals surface area contributed by atoms with E-state index in [4.69, 9.17) is 10.8 Å². The van der Waals surface area contributed by atoms with Crippen molar-refractivity contribution in [2.24, 2.45) is 17.6 Å². The molecule has 16 heavy (non-hydrogen) atoms. The second-order valence-corrected chi connectivity index (χ2v) is 4.13. The molecule has 5 heteroatoms. The van der Waals surface area contributed by atoms with Crippen LogP contribution in [0.25, 0.3) is 0 Å². The summed E-state index contributed by atoms with van der Waals surface area (Å²) in [6.07, 6.45) is 2.50. The molecule has 2 atom stereocenters. The van der Waals surface area contributed by atoms with Gasteiger partial charge >= 0.3 is 5.97 Å². The molecule has 0 heterocycles. The Morgan fingerprint density at radius 1 is 1.38 bits per heavy atom.